The van der Waals surface area contributed by atoms with Crippen molar-refractivity contribution in [1.29, 1.82) is 0 Å². The summed E-state index contributed by atoms with van der Waals surface area (Å²) in [6, 6.07) is 14.1. The topological polar surface area (TPSA) is 82.1 Å². The Labute approximate surface area is 184 Å². The number of aromatic nitrogens is 4. The van der Waals surface area contributed by atoms with Gasteiger partial charge in [0.15, 0.2) is 5.75 Å². The van der Waals surface area contributed by atoms with Crippen molar-refractivity contribution in [2.45, 2.75) is 12.2 Å². The van der Waals surface area contributed by atoms with Crippen LogP contribution in [-0.4, -0.2) is 39.0 Å². The average Bonchev–Trinajstić information content (AvgIpc) is 2.83. The first kappa shape index (κ1) is 19.6. The molecule has 0 fully saturated rings. The number of nitrogens with one attached hydrogen (secondary N) is 1. The molecule has 1 N–H and O–H groups in total. The van der Waals surface area contributed by atoms with E-state index >= 15 is 0 Å². The Balaban J connectivity index is 1.26. The van der Waals surface area contributed by atoms with Crippen LogP contribution in [0, 0.1) is 0 Å². The molecule has 31 heavy (non-hydrogen) atoms. The predicted octanol–water partition coefficient (Wildman–Crippen LogP) is 4.72. The lowest BCUT2D eigenvalue weighted by Crippen LogP contribution is -2.18. The third-order valence-corrected chi connectivity index (χ3v) is 6.13. The Morgan fingerprint density at radius 1 is 1.00 bits per heavy atom. The number of hydrogen-bond donors (Lipinski definition) is 1. The third kappa shape index (κ3) is 4.25. The Bertz CT molecular complexity index is 1220. The number of benzene rings is 1. The molecule has 0 unspecified atom stereocenters. The van der Waals surface area contributed by atoms with Gasteiger partial charge in [-0.2, -0.15) is 0 Å². The second-order valence-corrected chi connectivity index (χ2v) is 8.39. The first-order valence-electron chi connectivity index (χ1n) is 10.0. The van der Waals surface area contributed by atoms with E-state index in [4.69, 9.17) is 9.47 Å². The fraction of sp³-hybridized carbons (Fsp3) is 0.217. The fourth-order valence-corrected chi connectivity index (χ4v) is 4.31. The minimum Gasteiger partial charge on any atom is -0.484 e. The monoisotopic (exact) mass is 431 g/mol. The van der Waals surface area contributed by atoms with E-state index in [2.05, 4.69) is 50.4 Å². The molecular weight excluding hydrogens is 410 g/mol. The summed E-state index contributed by atoms with van der Waals surface area (Å²) in [6.07, 6.45) is 5.15. The van der Waals surface area contributed by atoms with Crippen molar-refractivity contribution in [2.75, 3.05) is 24.4 Å². The summed E-state index contributed by atoms with van der Waals surface area (Å²) in [5, 5.41) is 4.70. The van der Waals surface area contributed by atoms with E-state index in [0.29, 0.717) is 25.0 Å². The maximum atomic E-state index is 5.79. The van der Waals surface area contributed by atoms with Crippen molar-refractivity contribution in [3.05, 3.63) is 66.7 Å². The van der Waals surface area contributed by atoms with Crippen LogP contribution in [0.4, 0.5) is 5.82 Å². The molecule has 4 heterocycles. The smallest absolute Gasteiger partial charge is 0.257 e. The van der Waals surface area contributed by atoms with Crippen molar-refractivity contribution < 1.29 is 9.47 Å². The normalized spacial score (nSPS) is 13.7. The van der Waals surface area contributed by atoms with E-state index < -0.39 is 0 Å². The number of hydrogen-bond acceptors (Lipinski definition) is 8. The van der Waals surface area contributed by atoms with E-state index in [1.165, 1.54) is 0 Å². The predicted molar refractivity (Wildman–Crippen MR) is 122 cm³/mol. The molecule has 3 aromatic heterocycles. The summed E-state index contributed by atoms with van der Waals surface area (Å²) in [4.78, 5) is 17.5. The summed E-state index contributed by atoms with van der Waals surface area (Å²) in [7, 11) is 0. The molecule has 1 aliphatic rings. The van der Waals surface area contributed by atoms with Crippen LogP contribution in [0.5, 0.6) is 11.6 Å². The van der Waals surface area contributed by atoms with Gasteiger partial charge in [0, 0.05) is 40.2 Å². The summed E-state index contributed by atoms with van der Waals surface area (Å²) in [5.41, 5.74) is 3.91. The van der Waals surface area contributed by atoms with Gasteiger partial charge in [0.25, 0.3) is 5.88 Å². The molecule has 0 amide bonds. The van der Waals surface area contributed by atoms with E-state index in [1.54, 1.807) is 30.5 Å². The van der Waals surface area contributed by atoms with Gasteiger partial charge >= 0.3 is 0 Å². The molecule has 0 radical (unpaired) electrons. The van der Waals surface area contributed by atoms with Crippen LogP contribution in [-0.2, 0) is 0 Å². The van der Waals surface area contributed by atoms with Crippen molar-refractivity contribution in [1.82, 2.24) is 19.9 Å². The zero-order valence-electron chi connectivity index (χ0n) is 17.0. The van der Waals surface area contributed by atoms with Gasteiger partial charge in [-0.1, -0.05) is 18.2 Å². The number of fused-ring (bicyclic) bond motifs is 2. The maximum absolute atomic E-state index is 5.79. The fourth-order valence-electron chi connectivity index (χ4n) is 3.46. The number of ether oxygens (including phenoxy) is 2. The maximum Gasteiger partial charge on any atom is 0.257 e. The van der Waals surface area contributed by atoms with Crippen LogP contribution in [0.25, 0.3) is 22.2 Å². The summed E-state index contributed by atoms with van der Waals surface area (Å²) in [6.45, 7) is 3.23. The number of nitrogens with zero attached hydrogens (tertiary/aromatic N) is 4. The molecule has 1 aromatic carbocycles. The lowest BCUT2D eigenvalue weighted by molar-refractivity contribution is 0.163. The minimum atomic E-state index is 0.207. The Kier molecular flexibility index (Phi) is 5.54. The van der Waals surface area contributed by atoms with Gasteiger partial charge in [-0.05, 0) is 25.1 Å². The van der Waals surface area contributed by atoms with Gasteiger partial charge in [-0.15, -0.1) is 11.8 Å². The zero-order valence-corrected chi connectivity index (χ0v) is 17.8. The molecule has 0 spiro atoms. The lowest BCUT2D eigenvalue weighted by atomic mass is 10.1. The summed E-state index contributed by atoms with van der Waals surface area (Å²) >= 11 is 1.76. The summed E-state index contributed by atoms with van der Waals surface area (Å²) < 4.78 is 11.4. The number of thioether (sulfide) groups is 1. The molecule has 5 rings (SSSR count). The average molecular weight is 432 g/mol. The number of pyridine rings is 2. The van der Waals surface area contributed by atoms with Crippen LogP contribution in [0.2, 0.25) is 0 Å². The number of anilines is 1. The second-order valence-electron chi connectivity index (χ2n) is 7.06. The van der Waals surface area contributed by atoms with Crippen molar-refractivity contribution in [3.8, 4) is 22.9 Å². The summed E-state index contributed by atoms with van der Waals surface area (Å²) in [5.74, 6) is 2.80. The molecule has 0 bridgehead atoms. The zero-order chi connectivity index (χ0) is 21.0. The van der Waals surface area contributed by atoms with Gasteiger partial charge in [0.2, 0.25) is 0 Å². The molecule has 0 aliphatic carbocycles. The van der Waals surface area contributed by atoms with E-state index in [-0.39, 0.29) is 5.25 Å². The molecule has 1 atom stereocenters. The molecule has 8 heteroatoms. The largest absolute Gasteiger partial charge is 0.484 e. The Morgan fingerprint density at radius 2 is 1.94 bits per heavy atom. The SMILES string of the molecule is C[C@H](SCNc1cc(-c2ccc3cccnc3c2)ncn1)c1ccnc2c1OCCO2. The van der Waals surface area contributed by atoms with Crippen LogP contribution >= 0.6 is 11.8 Å². The minimum absolute atomic E-state index is 0.207. The quantitative estimate of drug-likeness (QED) is 0.439. The second kappa shape index (κ2) is 8.77. The highest BCUT2D eigenvalue weighted by atomic mass is 32.2. The van der Waals surface area contributed by atoms with E-state index in [1.807, 2.05) is 24.3 Å². The molecule has 0 saturated heterocycles. The Morgan fingerprint density at radius 3 is 2.90 bits per heavy atom. The van der Waals surface area contributed by atoms with E-state index in [0.717, 1.165) is 39.3 Å². The van der Waals surface area contributed by atoms with Crippen LogP contribution in [0.15, 0.2) is 61.2 Å². The molecule has 1 aliphatic heterocycles. The van der Waals surface area contributed by atoms with Crippen molar-refractivity contribution >= 4 is 28.5 Å². The van der Waals surface area contributed by atoms with Crippen molar-refractivity contribution in [2.24, 2.45) is 0 Å². The lowest BCUT2D eigenvalue weighted by Gasteiger charge is -2.22. The molecule has 7 nitrogen and oxygen atoms in total. The van der Waals surface area contributed by atoms with Crippen LogP contribution in [0.1, 0.15) is 17.7 Å². The van der Waals surface area contributed by atoms with Gasteiger partial charge in [-0.25, -0.2) is 15.0 Å². The van der Waals surface area contributed by atoms with Crippen molar-refractivity contribution in [3.63, 3.8) is 0 Å². The van der Waals surface area contributed by atoms with Crippen LogP contribution < -0.4 is 14.8 Å². The third-order valence-electron chi connectivity index (χ3n) is 5.06. The first-order chi connectivity index (χ1) is 15.3. The molecule has 0 saturated carbocycles. The van der Waals surface area contributed by atoms with Gasteiger partial charge < -0.3 is 14.8 Å². The highest BCUT2D eigenvalue weighted by Crippen LogP contribution is 2.40. The molecular formula is C23H21N5O2S. The number of rotatable bonds is 6. The van der Waals surface area contributed by atoms with Gasteiger partial charge in [-0.3, -0.25) is 4.98 Å². The van der Waals surface area contributed by atoms with Gasteiger partial charge in [0.1, 0.15) is 25.4 Å². The highest BCUT2D eigenvalue weighted by Gasteiger charge is 2.21. The highest BCUT2D eigenvalue weighted by molar-refractivity contribution is 7.99. The van der Waals surface area contributed by atoms with E-state index in [9.17, 15) is 0 Å². The van der Waals surface area contributed by atoms with Crippen LogP contribution in [0.3, 0.4) is 0 Å². The standard InChI is InChI=1S/C23H21N5O2S/c1-15(18-6-8-25-23-22(18)29-9-10-30-23)31-14-28-21-12-20(26-13-27-21)17-5-4-16-3-2-7-24-19(16)11-17/h2-8,11-13,15H,9-10,14H2,1H3,(H,26,27,28)/t15-/m0/s1. The Hall–Kier alpha value is -3.39. The molecule has 156 valence electrons. The molecule has 4 aromatic rings. The first-order valence-corrected chi connectivity index (χ1v) is 11.1. The van der Waals surface area contributed by atoms with Gasteiger partial charge in [0.05, 0.1) is 17.1 Å².